The van der Waals surface area contributed by atoms with Gasteiger partial charge in [-0.3, -0.25) is 0 Å². The van der Waals surface area contributed by atoms with Crippen LogP contribution in [0.2, 0.25) is 0 Å². The molecule has 0 radical (unpaired) electrons. The highest BCUT2D eigenvalue weighted by Gasteiger charge is 2.19. The summed E-state index contributed by atoms with van der Waals surface area (Å²) in [6.07, 6.45) is 0. The second kappa shape index (κ2) is 5.49. The number of hydrogen-bond donors (Lipinski definition) is 2. The molecule has 6 rings (SSSR count). The average Bonchev–Trinajstić information content (AvgIpc) is 2.72. The monoisotopic (exact) mass is 490 g/mol. The molecule has 0 spiro atoms. The summed E-state index contributed by atoms with van der Waals surface area (Å²) in [5.41, 5.74) is 0. The van der Waals surface area contributed by atoms with E-state index < -0.39 is 0 Å². The Morgan fingerprint density at radius 2 is 0.929 bits per heavy atom. The third-order valence-electron chi connectivity index (χ3n) is 5.75. The van der Waals surface area contributed by atoms with Gasteiger partial charge in [0.1, 0.15) is 11.5 Å². The van der Waals surface area contributed by atoms with E-state index in [4.69, 9.17) is 0 Å². The van der Waals surface area contributed by atoms with Gasteiger partial charge < -0.3 is 10.2 Å². The van der Waals surface area contributed by atoms with Crippen LogP contribution >= 0.6 is 31.9 Å². The normalized spacial score (nSPS) is 12.2. The Morgan fingerprint density at radius 1 is 0.464 bits per heavy atom. The minimum absolute atomic E-state index is 0.262. The first-order chi connectivity index (χ1) is 13.6. The van der Waals surface area contributed by atoms with E-state index in [0.717, 1.165) is 62.8 Å². The smallest absolute Gasteiger partial charge is 0.131 e. The summed E-state index contributed by atoms with van der Waals surface area (Å²) < 4.78 is 1.83. The van der Waals surface area contributed by atoms with E-state index >= 15 is 0 Å². The van der Waals surface area contributed by atoms with Crippen LogP contribution in [0.15, 0.2) is 69.6 Å². The summed E-state index contributed by atoms with van der Waals surface area (Å²) in [5, 5.41) is 31.4. The number of phenols is 2. The predicted octanol–water partition coefficient (Wildman–Crippen LogP) is 7.83. The van der Waals surface area contributed by atoms with Crippen LogP contribution in [0.5, 0.6) is 11.5 Å². The van der Waals surface area contributed by atoms with Crippen molar-refractivity contribution >= 4 is 85.7 Å². The lowest BCUT2D eigenvalue weighted by atomic mass is 9.88. The zero-order valence-corrected chi connectivity index (χ0v) is 17.6. The van der Waals surface area contributed by atoms with Crippen molar-refractivity contribution in [1.29, 1.82) is 0 Å². The van der Waals surface area contributed by atoms with Crippen molar-refractivity contribution in [2.75, 3.05) is 0 Å². The molecule has 6 aromatic rings. The highest BCUT2D eigenvalue weighted by atomic mass is 79.9. The van der Waals surface area contributed by atoms with Gasteiger partial charge in [-0.25, -0.2) is 0 Å². The second-order valence-corrected chi connectivity index (χ2v) is 8.83. The number of phenolic OH excluding ortho intramolecular Hbond substituents is 2. The predicted molar refractivity (Wildman–Crippen MR) is 124 cm³/mol. The van der Waals surface area contributed by atoms with Gasteiger partial charge in [-0.15, -0.1) is 0 Å². The summed E-state index contributed by atoms with van der Waals surface area (Å²) in [6, 6.07) is 19.9. The van der Waals surface area contributed by atoms with Gasteiger partial charge in [0.25, 0.3) is 0 Å². The van der Waals surface area contributed by atoms with Gasteiger partial charge >= 0.3 is 0 Å². The van der Waals surface area contributed by atoms with Gasteiger partial charge in [-0.05, 0) is 77.7 Å². The lowest BCUT2D eigenvalue weighted by Crippen LogP contribution is -1.89. The van der Waals surface area contributed by atoms with Crippen LogP contribution in [-0.2, 0) is 0 Å². The highest BCUT2D eigenvalue weighted by Crippen LogP contribution is 2.49. The van der Waals surface area contributed by atoms with E-state index in [-0.39, 0.29) is 11.5 Å². The Kier molecular flexibility index (Phi) is 3.22. The number of benzene rings is 6. The molecule has 0 aliphatic rings. The maximum absolute atomic E-state index is 11.1. The Bertz CT molecular complexity index is 1600. The van der Waals surface area contributed by atoms with Crippen LogP contribution in [0.4, 0.5) is 0 Å². The number of fused-ring (bicyclic) bond motifs is 4. The number of aromatic hydroxyl groups is 2. The molecular weight excluding hydrogens is 480 g/mol. The Morgan fingerprint density at radius 3 is 1.57 bits per heavy atom. The van der Waals surface area contributed by atoms with Gasteiger partial charge in [0.05, 0.1) is 0 Å². The quantitative estimate of drug-likeness (QED) is 0.168. The zero-order valence-electron chi connectivity index (χ0n) is 14.4. The second-order valence-electron chi connectivity index (χ2n) is 7.13. The Labute approximate surface area is 176 Å². The molecule has 0 saturated heterocycles. The molecule has 2 nitrogen and oxygen atoms in total. The largest absolute Gasteiger partial charge is 0.507 e. The molecule has 0 unspecified atom stereocenters. The third-order valence-corrected chi connectivity index (χ3v) is 7.59. The summed E-state index contributed by atoms with van der Waals surface area (Å²) in [4.78, 5) is 0. The molecule has 4 heteroatoms. The lowest BCUT2D eigenvalue weighted by molar-refractivity contribution is 0.487. The molecule has 0 heterocycles. The molecule has 134 valence electrons. The average molecular weight is 492 g/mol. The molecular formula is C24H12Br2O2. The van der Waals surface area contributed by atoms with Crippen molar-refractivity contribution in [1.82, 2.24) is 0 Å². The van der Waals surface area contributed by atoms with E-state index in [1.807, 2.05) is 60.7 Å². The molecule has 0 atom stereocenters. The van der Waals surface area contributed by atoms with Crippen LogP contribution in [0.3, 0.4) is 0 Å². The van der Waals surface area contributed by atoms with Crippen molar-refractivity contribution < 1.29 is 10.2 Å². The summed E-state index contributed by atoms with van der Waals surface area (Å²) >= 11 is 7.13. The van der Waals surface area contributed by atoms with E-state index in [0.29, 0.717) is 0 Å². The van der Waals surface area contributed by atoms with E-state index in [2.05, 4.69) is 31.9 Å². The minimum Gasteiger partial charge on any atom is -0.507 e. The minimum atomic E-state index is 0.262. The SMILES string of the molecule is Oc1c2ccccc2c2ccc3c(O)c4cc(Br)c(Br)cc4c4ccc1c2c34. The van der Waals surface area contributed by atoms with Crippen LogP contribution in [0.1, 0.15) is 0 Å². The van der Waals surface area contributed by atoms with E-state index in [9.17, 15) is 10.2 Å². The van der Waals surface area contributed by atoms with Crippen LogP contribution < -0.4 is 0 Å². The number of hydrogen-bond acceptors (Lipinski definition) is 2. The fourth-order valence-electron chi connectivity index (χ4n) is 4.52. The van der Waals surface area contributed by atoms with Crippen molar-refractivity contribution in [2.45, 2.75) is 0 Å². The van der Waals surface area contributed by atoms with Crippen molar-refractivity contribution in [2.24, 2.45) is 0 Å². The summed E-state index contributed by atoms with van der Waals surface area (Å²) in [6.45, 7) is 0. The van der Waals surface area contributed by atoms with Gasteiger partial charge in [0.2, 0.25) is 0 Å². The van der Waals surface area contributed by atoms with Crippen LogP contribution in [-0.4, -0.2) is 10.2 Å². The molecule has 6 aromatic carbocycles. The van der Waals surface area contributed by atoms with Crippen molar-refractivity contribution in [3.8, 4) is 11.5 Å². The molecule has 0 aromatic heterocycles. The molecule has 0 bridgehead atoms. The van der Waals surface area contributed by atoms with Crippen molar-refractivity contribution in [3.63, 3.8) is 0 Å². The number of halogens is 2. The topological polar surface area (TPSA) is 40.5 Å². The Balaban J connectivity index is 2.00. The lowest BCUT2D eigenvalue weighted by Gasteiger charge is -2.17. The standard InChI is InChI=1S/C24H12Br2O2/c25-19-9-17-13-6-8-15-21-12(11-3-1-2-4-14(11)23(15)27)5-7-16(22(13)21)24(28)18(17)10-20(19)26/h1-10,27-28H. The summed E-state index contributed by atoms with van der Waals surface area (Å²) in [5.74, 6) is 0.548. The molecule has 0 fully saturated rings. The van der Waals surface area contributed by atoms with E-state index in [1.165, 1.54) is 0 Å². The summed E-state index contributed by atoms with van der Waals surface area (Å²) in [7, 11) is 0. The maximum Gasteiger partial charge on any atom is 0.131 e. The number of rotatable bonds is 0. The van der Waals surface area contributed by atoms with Crippen molar-refractivity contribution in [3.05, 3.63) is 69.6 Å². The first-order valence-electron chi connectivity index (χ1n) is 8.88. The van der Waals surface area contributed by atoms with Crippen LogP contribution in [0.25, 0.3) is 53.9 Å². The molecule has 0 amide bonds. The van der Waals surface area contributed by atoms with Gasteiger partial charge in [0.15, 0.2) is 0 Å². The first kappa shape index (κ1) is 16.4. The molecule has 2 N–H and O–H groups in total. The third kappa shape index (κ3) is 1.92. The zero-order chi connectivity index (χ0) is 19.2. The fraction of sp³-hybridized carbons (Fsp3) is 0. The first-order valence-corrected chi connectivity index (χ1v) is 10.5. The Hall–Kier alpha value is -2.56. The van der Waals surface area contributed by atoms with Crippen LogP contribution in [0, 0.1) is 0 Å². The molecule has 0 aliphatic carbocycles. The highest BCUT2D eigenvalue weighted by molar-refractivity contribution is 9.13. The molecule has 0 saturated carbocycles. The fourth-order valence-corrected chi connectivity index (χ4v) is 5.21. The molecule has 0 aliphatic heterocycles. The van der Waals surface area contributed by atoms with E-state index in [1.54, 1.807) is 0 Å². The van der Waals surface area contributed by atoms with Gasteiger partial charge in [-0.1, -0.05) is 36.4 Å². The van der Waals surface area contributed by atoms with Gasteiger partial charge in [-0.2, -0.15) is 0 Å². The maximum atomic E-state index is 11.1. The molecule has 28 heavy (non-hydrogen) atoms. The van der Waals surface area contributed by atoms with Gasteiger partial charge in [0, 0.05) is 41.3 Å².